The molecule has 0 spiro atoms. The first-order chi connectivity index (χ1) is 11.4. The fourth-order valence-electron chi connectivity index (χ4n) is 2.47. The minimum absolute atomic E-state index is 0.650. The quantitative estimate of drug-likeness (QED) is 0.340. The van der Waals surface area contributed by atoms with Crippen LogP contribution in [0.4, 0.5) is 0 Å². The summed E-state index contributed by atoms with van der Waals surface area (Å²) in [6.07, 6.45) is 13.9. The lowest BCUT2D eigenvalue weighted by Crippen LogP contribution is -2.21. The lowest BCUT2D eigenvalue weighted by molar-refractivity contribution is 0.0256. The van der Waals surface area contributed by atoms with Crippen LogP contribution in [0.3, 0.4) is 0 Å². The molecular weight excluding hydrogens is 290 g/mol. The molecule has 0 saturated carbocycles. The molecule has 0 radical (unpaired) electrons. The van der Waals surface area contributed by atoms with Crippen LogP contribution in [0.5, 0.6) is 0 Å². The van der Waals surface area contributed by atoms with E-state index in [0.717, 1.165) is 19.7 Å². The van der Waals surface area contributed by atoms with E-state index in [1.807, 2.05) is 0 Å². The molecule has 0 unspecified atom stereocenters. The van der Waals surface area contributed by atoms with Gasteiger partial charge in [-0.05, 0) is 13.0 Å². The van der Waals surface area contributed by atoms with Gasteiger partial charge in [-0.2, -0.15) is 0 Å². The first-order valence-corrected chi connectivity index (χ1v) is 9.77. The molecule has 0 aromatic heterocycles. The minimum atomic E-state index is 0.650. The number of hydrogen-bond acceptors (Lipinski definition) is 4. The van der Waals surface area contributed by atoms with Gasteiger partial charge in [-0.25, -0.2) is 0 Å². The Kier molecular flexibility index (Phi) is 21.7. The van der Waals surface area contributed by atoms with E-state index in [1.54, 1.807) is 7.11 Å². The molecule has 23 heavy (non-hydrogen) atoms. The average Bonchev–Trinajstić information content (AvgIpc) is 2.57. The van der Waals surface area contributed by atoms with Gasteiger partial charge < -0.3 is 19.5 Å². The summed E-state index contributed by atoms with van der Waals surface area (Å²) in [6.45, 7) is 7.73. The highest BCUT2D eigenvalue weighted by atomic mass is 16.5. The van der Waals surface area contributed by atoms with Gasteiger partial charge in [-0.15, -0.1) is 0 Å². The summed E-state index contributed by atoms with van der Waals surface area (Å²) in [5, 5.41) is 3.44. The molecular formula is C19H41NO3. The Morgan fingerprint density at radius 3 is 1.70 bits per heavy atom. The minimum Gasteiger partial charge on any atom is -0.382 e. The van der Waals surface area contributed by atoms with Crippen molar-refractivity contribution in [1.29, 1.82) is 0 Å². The summed E-state index contributed by atoms with van der Waals surface area (Å²) in [5.41, 5.74) is 0. The van der Waals surface area contributed by atoms with Crippen molar-refractivity contribution in [2.24, 2.45) is 0 Å². The number of methoxy groups -OCH3 is 1. The van der Waals surface area contributed by atoms with Gasteiger partial charge >= 0.3 is 0 Å². The second-order valence-corrected chi connectivity index (χ2v) is 6.15. The highest BCUT2D eigenvalue weighted by Crippen LogP contribution is 2.10. The van der Waals surface area contributed by atoms with E-state index < -0.39 is 0 Å². The zero-order chi connectivity index (χ0) is 16.8. The molecule has 0 aliphatic carbocycles. The molecule has 0 aromatic carbocycles. The van der Waals surface area contributed by atoms with E-state index in [9.17, 15) is 0 Å². The van der Waals surface area contributed by atoms with Crippen LogP contribution >= 0.6 is 0 Å². The van der Waals surface area contributed by atoms with Crippen LogP contribution in [0, 0.1) is 0 Å². The number of hydrogen-bond donors (Lipinski definition) is 1. The molecule has 0 atom stereocenters. The Labute approximate surface area is 144 Å². The van der Waals surface area contributed by atoms with E-state index in [1.165, 1.54) is 64.2 Å². The second-order valence-electron chi connectivity index (χ2n) is 6.15. The zero-order valence-corrected chi connectivity index (χ0v) is 15.7. The standard InChI is InChI=1S/C19H41NO3/c1-3-4-5-6-7-8-9-10-11-12-13-20-14-15-22-18-19-23-17-16-21-2/h20H,3-19H2,1-2H3. The van der Waals surface area contributed by atoms with Gasteiger partial charge in [-0.1, -0.05) is 64.7 Å². The third-order valence-electron chi connectivity index (χ3n) is 3.93. The van der Waals surface area contributed by atoms with Crippen LogP contribution in [-0.4, -0.2) is 53.2 Å². The molecule has 0 aliphatic heterocycles. The van der Waals surface area contributed by atoms with Crippen LogP contribution in [0.25, 0.3) is 0 Å². The van der Waals surface area contributed by atoms with E-state index in [2.05, 4.69) is 12.2 Å². The zero-order valence-electron chi connectivity index (χ0n) is 15.7. The molecule has 0 aromatic rings. The molecule has 0 heterocycles. The van der Waals surface area contributed by atoms with Gasteiger partial charge in [0.25, 0.3) is 0 Å². The summed E-state index contributed by atoms with van der Waals surface area (Å²) in [6, 6.07) is 0. The molecule has 0 rings (SSSR count). The highest BCUT2D eigenvalue weighted by Gasteiger charge is 1.94. The maximum absolute atomic E-state index is 5.49. The van der Waals surface area contributed by atoms with Crippen molar-refractivity contribution in [2.45, 2.75) is 71.1 Å². The number of unbranched alkanes of at least 4 members (excludes halogenated alkanes) is 9. The highest BCUT2D eigenvalue weighted by molar-refractivity contribution is 4.50. The maximum atomic E-state index is 5.49. The topological polar surface area (TPSA) is 39.7 Å². The van der Waals surface area contributed by atoms with Crippen molar-refractivity contribution in [1.82, 2.24) is 5.32 Å². The largest absolute Gasteiger partial charge is 0.382 e. The molecule has 1 N–H and O–H groups in total. The fourth-order valence-corrected chi connectivity index (χ4v) is 2.47. The Morgan fingerprint density at radius 2 is 1.09 bits per heavy atom. The van der Waals surface area contributed by atoms with Crippen molar-refractivity contribution in [3.05, 3.63) is 0 Å². The molecule has 0 aliphatic rings. The molecule has 4 nitrogen and oxygen atoms in total. The first kappa shape index (κ1) is 22.8. The van der Waals surface area contributed by atoms with Crippen LogP contribution in [0.1, 0.15) is 71.1 Å². The summed E-state index contributed by atoms with van der Waals surface area (Å²) in [7, 11) is 1.68. The van der Waals surface area contributed by atoms with Crippen LogP contribution in [0.15, 0.2) is 0 Å². The van der Waals surface area contributed by atoms with E-state index in [-0.39, 0.29) is 0 Å². The van der Waals surface area contributed by atoms with E-state index >= 15 is 0 Å². The lowest BCUT2D eigenvalue weighted by atomic mass is 10.1. The molecule has 0 bridgehead atoms. The van der Waals surface area contributed by atoms with Crippen molar-refractivity contribution in [3.63, 3.8) is 0 Å². The monoisotopic (exact) mass is 331 g/mol. The van der Waals surface area contributed by atoms with Gasteiger partial charge in [0.1, 0.15) is 0 Å². The Balaban J connectivity index is 2.92. The number of rotatable bonds is 20. The third-order valence-corrected chi connectivity index (χ3v) is 3.93. The Bertz CT molecular complexity index is 183. The summed E-state index contributed by atoms with van der Waals surface area (Å²) >= 11 is 0. The predicted molar refractivity (Wildman–Crippen MR) is 98.2 cm³/mol. The van der Waals surface area contributed by atoms with Gasteiger partial charge in [0.15, 0.2) is 0 Å². The average molecular weight is 332 g/mol. The third kappa shape index (κ3) is 21.8. The maximum Gasteiger partial charge on any atom is 0.0701 e. The Morgan fingerprint density at radius 1 is 0.565 bits per heavy atom. The second kappa shape index (κ2) is 21.8. The predicted octanol–water partition coefficient (Wildman–Crippen LogP) is 4.18. The molecule has 0 saturated heterocycles. The van der Waals surface area contributed by atoms with Crippen molar-refractivity contribution < 1.29 is 14.2 Å². The van der Waals surface area contributed by atoms with Crippen molar-refractivity contribution in [2.75, 3.05) is 53.2 Å². The fraction of sp³-hybridized carbons (Fsp3) is 1.00. The van der Waals surface area contributed by atoms with Crippen molar-refractivity contribution in [3.8, 4) is 0 Å². The summed E-state index contributed by atoms with van der Waals surface area (Å²) in [5.74, 6) is 0. The Hall–Kier alpha value is -0.160. The molecule has 0 amide bonds. The van der Waals surface area contributed by atoms with Gasteiger partial charge in [-0.3, -0.25) is 0 Å². The van der Waals surface area contributed by atoms with Crippen molar-refractivity contribution >= 4 is 0 Å². The smallest absolute Gasteiger partial charge is 0.0701 e. The lowest BCUT2D eigenvalue weighted by Gasteiger charge is -2.07. The number of nitrogens with one attached hydrogen (secondary N) is 1. The molecule has 140 valence electrons. The van der Waals surface area contributed by atoms with Gasteiger partial charge in [0.05, 0.1) is 33.0 Å². The van der Waals surface area contributed by atoms with E-state index in [4.69, 9.17) is 14.2 Å². The van der Waals surface area contributed by atoms with Crippen LogP contribution < -0.4 is 5.32 Å². The molecule has 4 heteroatoms. The van der Waals surface area contributed by atoms with Crippen LogP contribution in [0.2, 0.25) is 0 Å². The van der Waals surface area contributed by atoms with Crippen LogP contribution in [-0.2, 0) is 14.2 Å². The number of ether oxygens (including phenoxy) is 3. The summed E-state index contributed by atoms with van der Waals surface area (Å²) < 4.78 is 15.7. The molecule has 0 fully saturated rings. The van der Waals surface area contributed by atoms with Gasteiger partial charge in [0.2, 0.25) is 0 Å². The van der Waals surface area contributed by atoms with E-state index in [0.29, 0.717) is 26.4 Å². The first-order valence-electron chi connectivity index (χ1n) is 9.77. The summed E-state index contributed by atoms with van der Waals surface area (Å²) in [4.78, 5) is 0. The van der Waals surface area contributed by atoms with Gasteiger partial charge in [0, 0.05) is 13.7 Å². The normalized spacial score (nSPS) is 11.2. The SMILES string of the molecule is CCCCCCCCCCCCNCCOCCOCCOC.